The minimum absolute atomic E-state index is 0.209. The van der Waals surface area contributed by atoms with Crippen molar-refractivity contribution >= 4 is 11.6 Å². The molecular weight excluding hydrogens is 266 g/mol. The zero-order valence-corrected chi connectivity index (χ0v) is 11.3. The van der Waals surface area contributed by atoms with Gasteiger partial charge in [0.2, 0.25) is 11.7 Å². The second-order valence-electron chi connectivity index (χ2n) is 4.11. The molecule has 1 heterocycles. The summed E-state index contributed by atoms with van der Waals surface area (Å²) in [5.41, 5.74) is 7.08. The molecule has 5 nitrogen and oxygen atoms in total. The lowest BCUT2D eigenvalue weighted by Crippen LogP contribution is -1.98. The summed E-state index contributed by atoms with van der Waals surface area (Å²) in [6, 6.07) is 5.30. The number of benzene rings is 1. The maximum atomic E-state index is 6.14. The van der Waals surface area contributed by atoms with Gasteiger partial charge in [0, 0.05) is 5.56 Å². The van der Waals surface area contributed by atoms with Gasteiger partial charge in [-0.25, -0.2) is 0 Å². The van der Waals surface area contributed by atoms with Crippen LogP contribution in [0.15, 0.2) is 34.9 Å². The van der Waals surface area contributed by atoms with E-state index in [0.29, 0.717) is 29.1 Å². The van der Waals surface area contributed by atoms with E-state index in [1.54, 1.807) is 12.1 Å². The second kappa shape index (κ2) is 5.86. The largest absolute Gasteiger partial charge is 0.488 e. The number of nitrogens with zero attached hydrogens (tertiary/aromatic N) is 2. The van der Waals surface area contributed by atoms with Crippen LogP contribution in [0.5, 0.6) is 5.75 Å². The van der Waals surface area contributed by atoms with Gasteiger partial charge in [0.05, 0.1) is 11.6 Å². The molecule has 0 amide bonds. The number of hydrogen-bond acceptors (Lipinski definition) is 5. The van der Waals surface area contributed by atoms with Crippen molar-refractivity contribution in [2.45, 2.75) is 13.5 Å². The van der Waals surface area contributed by atoms with E-state index in [0.717, 1.165) is 11.1 Å². The quantitative estimate of drug-likeness (QED) is 0.852. The zero-order chi connectivity index (χ0) is 13.8. The van der Waals surface area contributed by atoms with Gasteiger partial charge in [-0.3, -0.25) is 0 Å². The van der Waals surface area contributed by atoms with E-state index in [1.807, 2.05) is 13.0 Å². The molecule has 19 heavy (non-hydrogen) atoms. The third kappa shape index (κ3) is 3.33. The molecule has 0 aliphatic heterocycles. The average Bonchev–Trinajstić information content (AvgIpc) is 2.85. The van der Waals surface area contributed by atoms with Crippen LogP contribution in [0, 0.1) is 0 Å². The zero-order valence-electron chi connectivity index (χ0n) is 10.5. The molecule has 0 bridgehead atoms. The van der Waals surface area contributed by atoms with Gasteiger partial charge in [0.15, 0.2) is 0 Å². The topological polar surface area (TPSA) is 74.2 Å². The Hall–Kier alpha value is -1.85. The lowest BCUT2D eigenvalue weighted by atomic mass is 10.2. The molecule has 0 saturated carbocycles. The predicted molar refractivity (Wildman–Crippen MR) is 72.9 cm³/mol. The van der Waals surface area contributed by atoms with E-state index in [4.69, 9.17) is 26.6 Å². The van der Waals surface area contributed by atoms with Gasteiger partial charge in [0.1, 0.15) is 12.4 Å². The third-order valence-corrected chi connectivity index (χ3v) is 2.60. The molecule has 0 aliphatic carbocycles. The van der Waals surface area contributed by atoms with E-state index in [2.05, 4.69) is 16.7 Å². The molecular formula is C13H14ClN3O2. The number of halogens is 1. The number of ether oxygens (including phenoxy) is 1. The summed E-state index contributed by atoms with van der Waals surface area (Å²) in [5, 5.41) is 4.31. The van der Waals surface area contributed by atoms with Crippen LogP contribution < -0.4 is 10.5 Å². The fourth-order valence-electron chi connectivity index (χ4n) is 1.41. The van der Waals surface area contributed by atoms with Gasteiger partial charge >= 0.3 is 0 Å². The first-order chi connectivity index (χ1) is 9.10. The summed E-state index contributed by atoms with van der Waals surface area (Å²) in [5.74, 6) is 1.43. The molecule has 1 aromatic heterocycles. The molecule has 100 valence electrons. The van der Waals surface area contributed by atoms with Gasteiger partial charge in [-0.05, 0) is 30.7 Å². The van der Waals surface area contributed by atoms with Crippen molar-refractivity contribution in [2.24, 2.45) is 5.73 Å². The summed E-state index contributed by atoms with van der Waals surface area (Å²) < 4.78 is 10.4. The normalized spacial score (nSPS) is 10.5. The van der Waals surface area contributed by atoms with Crippen LogP contribution in [0.1, 0.15) is 12.8 Å². The predicted octanol–water partition coefficient (Wildman–Crippen LogP) is 2.80. The van der Waals surface area contributed by atoms with Crippen LogP contribution in [0.4, 0.5) is 0 Å². The SMILES string of the molecule is C=C(C)COc1ccc(-c2noc(CN)n2)cc1Cl. The van der Waals surface area contributed by atoms with Gasteiger partial charge in [-0.2, -0.15) is 4.98 Å². The molecule has 0 spiro atoms. The summed E-state index contributed by atoms with van der Waals surface area (Å²) >= 11 is 6.14. The van der Waals surface area contributed by atoms with E-state index in [9.17, 15) is 0 Å². The van der Waals surface area contributed by atoms with Crippen LogP contribution in [0.25, 0.3) is 11.4 Å². The molecule has 0 saturated heterocycles. The Morgan fingerprint density at radius 3 is 2.89 bits per heavy atom. The third-order valence-electron chi connectivity index (χ3n) is 2.31. The van der Waals surface area contributed by atoms with Crippen LogP contribution in [0.3, 0.4) is 0 Å². The minimum Gasteiger partial charge on any atom is -0.488 e. The van der Waals surface area contributed by atoms with Crippen molar-refractivity contribution in [3.63, 3.8) is 0 Å². The van der Waals surface area contributed by atoms with Crippen molar-refractivity contribution in [1.29, 1.82) is 0 Å². The number of nitrogens with two attached hydrogens (primary N) is 1. The first-order valence-electron chi connectivity index (χ1n) is 5.70. The van der Waals surface area contributed by atoms with E-state index >= 15 is 0 Å². The Bertz CT molecular complexity index is 595. The average molecular weight is 280 g/mol. The molecule has 0 unspecified atom stereocenters. The molecule has 0 fully saturated rings. The Morgan fingerprint density at radius 2 is 2.32 bits per heavy atom. The van der Waals surface area contributed by atoms with Gasteiger partial charge in [-0.15, -0.1) is 0 Å². The van der Waals surface area contributed by atoms with Crippen molar-refractivity contribution < 1.29 is 9.26 Å². The number of aromatic nitrogens is 2. The van der Waals surface area contributed by atoms with Crippen molar-refractivity contribution in [3.05, 3.63) is 41.3 Å². The molecule has 6 heteroatoms. The molecule has 2 rings (SSSR count). The molecule has 2 N–H and O–H groups in total. The Labute approximate surface area is 116 Å². The fourth-order valence-corrected chi connectivity index (χ4v) is 1.65. The summed E-state index contributed by atoms with van der Waals surface area (Å²) in [6.45, 7) is 6.29. The maximum absolute atomic E-state index is 6.14. The van der Waals surface area contributed by atoms with E-state index in [1.165, 1.54) is 0 Å². The standard InChI is InChI=1S/C13H14ClN3O2/c1-8(2)7-18-11-4-3-9(5-10(11)14)13-16-12(6-15)19-17-13/h3-5H,1,6-7,15H2,2H3. The Morgan fingerprint density at radius 1 is 1.53 bits per heavy atom. The van der Waals surface area contributed by atoms with Gasteiger partial charge in [0.25, 0.3) is 0 Å². The molecule has 0 atom stereocenters. The van der Waals surface area contributed by atoms with E-state index in [-0.39, 0.29) is 6.54 Å². The minimum atomic E-state index is 0.209. The maximum Gasteiger partial charge on any atom is 0.240 e. The monoisotopic (exact) mass is 279 g/mol. The Balaban J connectivity index is 2.20. The van der Waals surface area contributed by atoms with Crippen molar-refractivity contribution in [2.75, 3.05) is 6.61 Å². The highest BCUT2D eigenvalue weighted by molar-refractivity contribution is 6.32. The Kier molecular flexibility index (Phi) is 4.19. The molecule has 2 aromatic rings. The van der Waals surface area contributed by atoms with Gasteiger partial charge in [-0.1, -0.05) is 23.3 Å². The van der Waals surface area contributed by atoms with Crippen LogP contribution in [-0.2, 0) is 6.54 Å². The molecule has 0 radical (unpaired) electrons. The summed E-state index contributed by atoms with van der Waals surface area (Å²) in [6.07, 6.45) is 0. The molecule has 0 aliphatic rings. The lowest BCUT2D eigenvalue weighted by Gasteiger charge is -2.08. The van der Waals surface area contributed by atoms with Crippen molar-refractivity contribution in [3.8, 4) is 17.1 Å². The van der Waals surface area contributed by atoms with Gasteiger partial charge < -0.3 is 15.0 Å². The lowest BCUT2D eigenvalue weighted by molar-refractivity contribution is 0.353. The summed E-state index contributed by atoms with van der Waals surface area (Å²) in [7, 11) is 0. The van der Waals surface area contributed by atoms with E-state index < -0.39 is 0 Å². The highest BCUT2D eigenvalue weighted by Crippen LogP contribution is 2.29. The highest BCUT2D eigenvalue weighted by Gasteiger charge is 2.10. The fraction of sp³-hybridized carbons (Fsp3) is 0.231. The first kappa shape index (κ1) is 13.6. The van der Waals surface area contributed by atoms with Crippen LogP contribution >= 0.6 is 11.6 Å². The first-order valence-corrected chi connectivity index (χ1v) is 6.07. The highest BCUT2D eigenvalue weighted by atomic mass is 35.5. The van der Waals surface area contributed by atoms with Crippen molar-refractivity contribution in [1.82, 2.24) is 10.1 Å². The molecule has 1 aromatic carbocycles. The summed E-state index contributed by atoms with van der Waals surface area (Å²) in [4.78, 5) is 4.13. The smallest absolute Gasteiger partial charge is 0.240 e. The number of rotatable bonds is 5. The van der Waals surface area contributed by atoms with Crippen LogP contribution in [0.2, 0.25) is 5.02 Å². The van der Waals surface area contributed by atoms with Crippen LogP contribution in [-0.4, -0.2) is 16.7 Å². The second-order valence-corrected chi connectivity index (χ2v) is 4.51. The number of hydrogen-bond donors (Lipinski definition) is 1.